The van der Waals surface area contributed by atoms with E-state index in [0.717, 1.165) is 58.6 Å². The Bertz CT molecular complexity index is 2880. The van der Waals surface area contributed by atoms with Crippen molar-refractivity contribution in [3.8, 4) is 0 Å². The molecule has 0 aromatic heterocycles. The first kappa shape index (κ1) is 65.3. The zero-order chi connectivity index (χ0) is 58.5. The number of halogens is 4. The van der Waals surface area contributed by atoms with E-state index in [1.807, 2.05) is 50.5 Å². The van der Waals surface area contributed by atoms with Gasteiger partial charge >= 0.3 is 6.03 Å². The Kier molecular flexibility index (Phi) is 26.2. The van der Waals surface area contributed by atoms with Crippen molar-refractivity contribution in [1.82, 2.24) is 19.8 Å². The second-order valence-electron chi connectivity index (χ2n) is 20.2. The lowest BCUT2D eigenvalue weighted by atomic mass is 9.85. The number of Topliss-reactive ketones (excluding diaryl/α,β-unsaturated/α-hetero) is 1. The second kappa shape index (κ2) is 32.9. The number of anilines is 1. The zero-order valence-electron chi connectivity index (χ0n) is 46.3. The van der Waals surface area contributed by atoms with Crippen LogP contribution in [0.3, 0.4) is 0 Å². The van der Waals surface area contributed by atoms with Crippen molar-refractivity contribution in [2.75, 3.05) is 131 Å². The van der Waals surface area contributed by atoms with Gasteiger partial charge in [-0.05, 0) is 127 Å². The van der Waals surface area contributed by atoms with Crippen LogP contribution in [0, 0.1) is 0 Å². The van der Waals surface area contributed by atoms with Crippen molar-refractivity contribution < 1.29 is 54.8 Å². The number of carbonyl (C=O) groups excluding carboxylic acids is 2. The molecule has 5 aromatic carbocycles. The van der Waals surface area contributed by atoms with Gasteiger partial charge in [0.15, 0.2) is 9.84 Å². The van der Waals surface area contributed by atoms with Gasteiger partial charge < -0.3 is 48.9 Å². The average molecular weight is 1250 g/mol. The van der Waals surface area contributed by atoms with Crippen molar-refractivity contribution in [2.24, 2.45) is 0 Å². The summed E-state index contributed by atoms with van der Waals surface area (Å²) in [6.45, 7) is 7.16. The molecular formula is C59H73Cl4N5O12S2. The predicted molar refractivity (Wildman–Crippen MR) is 320 cm³/mol. The number of benzene rings is 5. The molecule has 7 rings (SSSR count). The summed E-state index contributed by atoms with van der Waals surface area (Å²) in [5, 5.41) is 7.91. The molecule has 0 radical (unpaired) electrons. The monoisotopic (exact) mass is 1250 g/mol. The van der Waals surface area contributed by atoms with Gasteiger partial charge in [-0.3, -0.25) is 4.79 Å². The fourth-order valence-corrected chi connectivity index (χ4v) is 13.2. The molecule has 2 atom stereocenters. The molecule has 0 saturated heterocycles. The van der Waals surface area contributed by atoms with E-state index < -0.39 is 19.9 Å². The quantitative estimate of drug-likeness (QED) is 0.0329. The third kappa shape index (κ3) is 20.5. The summed E-state index contributed by atoms with van der Waals surface area (Å²) in [5.74, 6) is 0.0812. The van der Waals surface area contributed by atoms with Crippen molar-refractivity contribution in [3.63, 3.8) is 0 Å². The number of ketones is 1. The fraction of sp³-hybridized carbons (Fsp3) is 0.458. The molecule has 0 fully saturated rings. The lowest BCUT2D eigenvalue weighted by Crippen LogP contribution is -2.31. The maximum atomic E-state index is 13.1. The molecule has 0 bridgehead atoms. The van der Waals surface area contributed by atoms with Crippen molar-refractivity contribution >= 4 is 83.8 Å². The highest BCUT2D eigenvalue weighted by Gasteiger charge is 2.29. The summed E-state index contributed by atoms with van der Waals surface area (Å²) in [4.78, 5) is 29.8. The minimum Gasteiger partial charge on any atom is -0.379 e. The number of amides is 2. The van der Waals surface area contributed by atoms with Gasteiger partial charge in [-0.25, -0.2) is 26.4 Å². The zero-order valence-corrected chi connectivity index (χ0v) is 50.9. The normalized spacial score (nSPS) is 15.7. The molecule has 446 valence electrons. The number of sulfonamides is 1. The van der Waals surface area contributed by atoms with E-state index in [4.69, 9.17) is 74.8 Å². The fourth-order valence-electron chi connectivity index (χ4n) is 9.74. The van der Waals surface area contributed by atoms with Gasteiger partial charge in [-0.2, -0.15) is 0 Å². The summed E-state index contributed by atoms with van der Waals surface area (Å²) < 4.78 is 87.9. The van der Waals surface area contributed by atoms with Crippen molar-refractivity contribution in [2.45, 2.75) is 60.4 Å². The molecule has 2 amide bonds. The molecule has 23 heteroatoms. The number of rotatable bonds is 34. The van der Waals surface area contributed by atoms with E-state index in [2.05, 4.69) is 25.2 Å². The van der Waals surface area contributed by atoms with Crippen LogP contribution in [-0.4, -0.2) is 164 Å². The van der Waals surface area contributed by atoms with Crippen molar-refractivity contribution in [1.29, 1.82) is 0 Å². The van der Waals surface area contributed by atoms with E-state index in [0.29, 0.717) is 111 Å². The van der Waals surface area contributed by atoms with Gasteiger partial charge in [-0.15, -0.1) is 0 Å². The van der Waals surface area contributed by atoms with Crippen LogP contribution in [0.4, 0.5) is 10.5 Å². The minimum atomic E-state index is -3.74. The van der Waals surface area contributed by atoms with Crippen LogP contribution in [0.2, 0.25) is 20.1 Å². The lowest BCUT2D eigenvalue weighted by molar-refractivity contribution is -0.118. The molecule has 2 aliphatic rings. The number of fused-ring (bicyclic) bond motifs is 2. The third-order valence-electron chi connectivity index (χ3n) is 13.8. The van der Waals surface area contributed by atoms with Gasteiger partial charge in [0.05, 0.1) is 81.6 Å². The second-order valence-corrected chi connectivity index (χ2v) is 25.8. The SMILES string of the molecule is CN1Cc2c(Cl)cc(Cl)cc2[C@H](c2ccc(S(=O)(=O)CCCOCCOCCOCCCC(=O)Cc3ccc(NC(=O)NCCOCCOCCOCCNS(=O)(=O)c4ccc([C@@H]5CN(C)Cc6c(Cl)cc(Cl)cc65)cc4)cc3)cc2)C1. The Labute approximate surface area is 502 Å². The Balaban J connectivity index is 0.627. The Morgan fingerprint density at radius 2 is 1.00 bits per heavy atom. The van der Waals surface area contributed by atoms with Crippen LogP contribution in [0.15, 0.2) is 107 Å². The molecule has 17 nitrogen and oxygen atoms in total. The molecule has 0 unspecified atom stereocenters. The van der Waals surface area contributed by atoms with Gasteiger partial charge in [0, 0.05) is 103 Å². The number of likely N-dealkylation sites (N-methyl/N-ethyl adjacent to an activating group) is 2. The topological polar surface area (TPSA) is 200 Å². The lowest BCUT2D eigenvalue weighted by Gasteiger charge is -2.33. The average Bonchev–Trinajstić information content (AvgIpc) is 3.65. The summed E-state index contributed by atoms with van der Waals surface area (Å²) in [5.41, 5.74) is 7.59. The smallest absolute Gasteiger partial charge is 0.319 e. The molecule has 82 heavy (non-hydrogen) atoms. The summed E-state index contributed by atoms with van der Waals surface area (Å²) in [6.07, 6.45) is 1.58. The van der Waals surface area contributed by atoms with E-state index in [1.165, 1.54) is 0 Å². The van der Waals surface area contributed by atoms with Crippen LogP contribution in [-0.2, 0) is 72.6 Å². The van der Waals surface area contributed by atoms with Gasteiger partial charge in [0.25, 0.3) is 0 Å². The van der Waals surface area contributed by atoms with Gasteiger partial charge in [0.1, 0.15) is 5.78 Å². The number of ether oxygens (including phenoxy) is 6. The highest BCUT2D eigenvalue weighted by Crippen LogP contribution is 2.40. The predicted octanol–water partition coefficient (Wildman–Crippen LogP) is 9.41. The van der Waals surface area contributed by atoms with E-state index >= 15 is 0 Å². The first-order valence-electron chi connectivity index (χ1n) is 27.3. The maximum Gasteiger partial charge on any atom is 0.319 e. The molecule has 0 spiro atoms. The molecule has 3 N–H and O–H groups in total. The first-order valence-corrected chi connectivity index (χ1v) is 32.0. The molecule has 2 heterocycles. The highest BCUT2D eigenvalue weighted by atomic mass is 35.5. The minimum absolute atomic E-state index is 0.00323. The molecule has 0 saturated carbocycles. The van der Waals surface area contributed by atoms with Crippen molar-refractivity contribution in [3.05, 3.63) is 156 Å². The molecule has 2 aliphatic heterocycles. The van der Waals surface area contributed by atoms with E-state index in [9.17, 15) is 26.4 Å². The first-order chi connectivity index (χ1) is 39.5. The maximum absolute atomic E-state index is 13.1. The molecule has 0 aliphatic carbocycles. The summed E-state index contributed by atoms with van der Waals surface area (Å²) in [6, 6.07) is 28.1. The van der Waals surface area contributed by atoms with E-state index in [-0.39, 0.29) is 78.5 Å². The third-order valence-corrected chi connectivity index (χ3v) is 18.2. The summed E-state index contributed by atoms with van der Waals surface area (Å²) in [7, 11) is -3.16. The van der Waals surface area contributed by atoms with Gasteiger partial charge in [-0.1, -0.05) is 82.8 Å². The van der Waals surface area contributed by atoms with Crippen LogP contribution in [0.25, 0.3) is 0 Å². The van der Waals surface area contributed by atoms with Crippen LogP contribution < -0.4 is 15.4 Å². The number of hydrogen-bond donors (Lipinski definition) is 3. The number of nitrogens with one attached hydrogen (secondary N) is 3. The Morgan fingerprint density at radius 3 is 1.51 bits per heavy atom. The highest BCUT2D eigenvalue weighted by molar-refractivity contribution is 7.91. The van der Waals surface area contributed by atoms with Gasteiger partial charge in [0.2, 0.25) is 10.0 Å². The number of nitrogens with zero attached hydrogens (tertiary/aromatic N) is 2. The largest absolute Gasteiger partial charge is 0.379 e. The molecule has 5 aromatic rings. The summed E-state index contributed by atoms with van der Waals surface area (Å²) >= 11 is 25.7. The Morgan fingerprint density at radius 1 is 0.549 bits per heavy atom. The van der Waals surface area contributed by atoms with Crippen LogP contribution >= 0.6 is 46.4 Å². The Hall–Kier alpha value is -4.26. The number of carbonyl (C=O) groups is 2. The molecular weight excluding hydrogens is 1180 g/mol. The van der Waals surface area contributed by atoms with Crippen LogP contribution in [0.5, 0.6) is 0 Å². The number of urea groups is 1. The van der Waals surface area contributed by atoms with Crippen LogP contribution in [0.1, 0.15) is 70.0 Å². The number of sulfone groups is 1. The standard InChI is InChI=1S/C59H73Cl4N5O12S2/c1-67-38-53(51-34-45(60)36-57(62)55(51)40-67)43-8-14-49(15-9-43)81(71,72)32-4-21-76-25-29-79-28-24-75-20-3-5-48(69)33-42-6-12-47(13-7-42)66-59(70)64-18-22-77-26-30-80-31-27-78-23-19-65-82(73,74)50-16-10-44(11-17-50)54-39-68(2)41-56-52(54)35-46(61)37-58(56)63/h6-17,34-37,53-54,65H,3-5,18-33,38-41H2,1-2H3,(H2,64,66,70)/t53-,54-/m0/s1. The number of hydrogen-bond acceptors (Lipinski definition) is 14. The van der Waals surface area contributed by atoms with E-state index in [1.54, 1.807) is 60.7 Å².